The topological polar surface area (TPSA) is 148 Å². The number of hydrogen-bond donors (Lipinski definition) is 6. The van der Waals surface area contributed by atoms with Crippen LogP contribution >= 0.6 is 0 Å². The summed E-state index contributed by atoms with van der Waals surface area (Å²) in [4.78, 5) is 30.9. The van der Waals surface area contributed by atoms with Crippen LogP contribution in [0.2, 0.25) is 0 Å². The summed E-state index contributed by atoms with van der Waals surface area (Å²) in [5, 5.41) is 32.3. The summed E-state index contributed by atoms with van der Waals surface area (Å²) in [5.41, 5.74) is 14.3. The third kappa shape index (κ3) is 8.62. The summed E-state index contributed by atoms with van der Waals surface area (Å²) >= 11 is 0. The molecule has 2 aliphatic heterocycles. The van der Waals surface area contributed by atoms with E-state index >= 15 is 0 Å². The number of anilines is 2. The van der Waals surface area contributed by atoms with E-state index in [9.17, 15) is 19.8 Å². The Balaban J connectivity index is 0.000000172. The molecule has 0 amide bonds. The van der Waals surface area contributed by atoms with Crippen LogP contribution in [0.1, 0.15) is 66.2 Å². The van der Waals surface area contributed by atoms with Crippen LogP contribution in [-0.2, 0) is 12.8 Å². The van der Waals surface area contributed by atoms with E-state index in [0.717, 1.165) is 25.9 Å². The number of aromatic nitrogens is 2. The van der Waals surface area contributed by atoms with Gasteiger partial charge in [-0.3, -0.25) is 9.97 Å². The van der Waals surface area contributed by atoms with Crippen molar-refractivity contribution in [1.82, 2.24) is 20.6 Å². The summed E-state index contributed by atoms with van der Waals surface area (Å²) in [6, 6.07) is 33.4. The first-order chi connectivity index (χ1) is 27.3. The summed E-state index contributed by atoms with van der Waals surface area (Å²) in [6.45, 7) is 7.27. The van der Waals surface area contributed by atoms with Gasteiger partial charge in [-0.15, -0.1) is 0 Å². The van der Waals surface area contributed by atoms with Gasteiger partial charge in [-0.1, -0.05) is 84.9 Å². The van der Waals surface area contributed by atoms with Crippen molar-refractivity contribution in [2.45, 2.75) is 38.8 Å². The third-order valence-electron chi connectivity index (χ3n) is 10.6. The van der Waals surface area contributed by atoms with Gasteiger partial charge in [0, 0.05) is 37.6 Å². The number of carboxylic acid groups (broad SMARTS) is 2. The first-order valence-corrected chi connectivity index (χ1v) is 18.9. The van der Waals surface area contributed by atoms with E-state index in [2.05, 4.69) is 130 Å². The number of benzene rings is 4. The van der Waals surface area contributed by atoms with Crippen molar-refractivity contribution in [3.8, 4) is 22.3 Å². The molecule has 0 spiro atoms. The molecule has 284 valence electrons. The maximum absolute atomic E-state index is 11.4. The third-order valence-corrected chi connectivity index (χ3v) is 10.6. The van der Waals surface area contributed by atoms with E-state index in [4.69, 9.17) is 0 Å². The molecule has 10 heteroatoms. The molecule has 8 rings (SSSR count). The summed E-state index contributed by atoms with van der Waals surface area (Å²) in [7, 11) is 0. The van der Waals surface area contributed by atoms with Gasteiger partial charge in [0.2, 0.25) is 0 Å². The second kappa shape index (κ2) is 17.4. The van der Waals surface area contributed by atoms with Gasteiger partial charge in [0.15, 0.2) is 0 Å². The highest BCUT2D eigenvalue weighted by molar-refractivity contribution is 5.94. The molecule has 0 saturated heterocycles. The molecule has 0 fully saturated rings. The van der Waals surface area contributed by atoms with Crippen LogP contribution in [-0.4, -0.2) is 58.3 Å². The normalized spacial score (nSPS) is 15.7. The lowest BCUT2D eigenvalue weighted by molar-refractivity contribution is 0.0687. The average molecular weight is 747 g/mol. The number of hydrogen-bond acceptors (Lipinski definition) is 8. The Hall–Kier alpha value is -6.36. The number of carbonyl (C=O) groups is 2. The van der Waals surface area contributed by atoms with Gasteiger partial charge >= 0.3 is 11.9 Å². The number of fused-ring (bicyclic) bond motifs is 2. The van der Waals surface area contributed by atoms with Crippen LogP contribution in [0.15, 0.2) is 122 Å². The molecule has 10 nitrogen and oxygen atoms in total. The largest absolute Gasteiger partial charge is 0.478 e. The van der Waals surface area contributed by atoms with Crippen LogP contribution in [0.3, 0.4) is 0 Å². The summed E-state index contributed by atoms with van der Waals surface area (Å²) in [6.07, 6.45) is 8.09. The number of nitrogens with zero attached hydrogens (tertiary/aromatic N) is 2. The van der Waals surface area contributed by atoms with Crippen molar-refractivity contribution < 1.29 is 19.8 Å². The van der Waals surface area contributed by atoms with Crippen LogP contribution in [0.4, 0.5) is 11.4 Å². The molecule has 2 aromatic heterocycles. The zero-order chi connectivity index (χ0) is 39.0. The van der Waals surface area contributed by atoms with Crippen molar-refractivity contribution in [2.24, 2.45) is 0 Å². The number of carboxylic acids is 2. The minimum absolute atomic E-state index is 0.122. The maximum atomic E-state index is 11.4. The molecule has 2 aliphatic rings. The number of pyridine rings is 2. The molecule has 6 aromatic rings. The summed E-state index contributed by atoms with van der Waals surface area (Å²) < 4.78 is 0. The Morgan fingerprint density at radius 2 is 1.05 bits per heavy atom. The molecule has 0 aliphatic carbocycles. The fraction of sp³-hybridized carbons (Fsp3) is 0.217. The first-order valence-electron chi connectivity index (χ1n) is 18.9. The molecule has 6 N–H and O–H groups in total. The predicted molar refractivity (Wildman–Crippen MR) is 221 cm³/mol. The lowest BCUT2D eigenvalue weighted by Crippen LogP contribution is -2.34. The van der Waals surface area contributed by atoms with E-state index in [0.29, 0.717) is 24.5 Å². The average Bonchev–Trinajstić information content (AvgIpc) is 3.22. The van der Waals surface area contributed by atoms with Crippen molar-refractivity contribution in [1.29, 1.82) is 0 Å². The van der Waals surface area contributed by atoms with Gasteiger partial charge in [-0.25, -0.2) is 9.59 Å². The lowest BCUT2D eigenvalue weighted by atomic mass is 9.90. The van der Waals surface area contributed by atoms with Gasteiger partial charge in [0.1, 0.15) is 0 Å². The van der Waals surface area contributed by atoms with Crippen LogP contribution in [0.25, 0.3) is 22.3 Å². The fourth-order valence-corrected chi connectivity index (χ4v) is 7.67. The monoisotopic (exact) mass is 746 g/mol. The quantitative estimate of drug-likeness (QED) is 0.0812. The molecular weight excluding hydrogens is 701 g/mol. The Bertz CT molecular complexity index is 2200. The maximum Gasteiger partial charge on any atom is 0.337 e. The zero-order valence-corrected chi connectivity index (χ0v) is 31.5. The second-order valence-corrected chi connectivity index (χ2v) is 14.2. The molecule has 56 heavy (non-hydrogen) atoms. The van der Waals surface area contributed by atoms with E-state index in [1.54, 1.807) is 12.4 Å². The highest BCUT2D eigenvalue weighted by Crippen LogP contribution is 2.32. The minimum Gasteiger partial charge on any atom is -0.478 e. The minimum atomic E-state index is -0.954. The standard InChI is InChI=1S/2C23H23N3O2/c2*1-15-4-2-3-5-18(15)16-6-7-19-17(12-16)8-11-25-22(19)14-26-21-13-24-10-9-20(21)23(27)28/h2*2-7,9-10,12-13,22,25-26H,8,11,14H2,1H3,(H,27,28)/t2*22-/m10/s1. The lowest BCUT2D eigenvalue weighted by Gasteiger charge is -2.28. The smallest absolute Gasteiger partial charge is 0.337 e. The van der Waals surface area contributed by atoms with Gasteiger partial charge < -0.3 is 31.5 Å². The van der Waals surface area contributed by atoms with E-state index in [-0.39, 0.29) is 23.2 Å². The highest BCUT2D eigenvalue weighted by atomic mass is 16.4. The highest BCUT2D eigenvalue weighted by Gasteiger charge is 2.23. The Labute approximate surface area is 327 Å². The Kier molecular flexibility index (Phi) is 11.8. The zero-order valence-electron chi connectivity index (χ0n) is 31.5. The van der Waals surface area contributed by atoms with E-state index < -0.39 is 11.9 Å². The number of aromatic carboxylic acids is 2. The van der Waals surface area contributed by atoms with Crippen molar-refractivity contribution >= 4 is 23.3 Å². The summed E-state index contributed by atoms with van der Waals surface area (Å²) in [5.74, 6) is -1.91. The van der Waals surface area contributed by atoms with E-state index in [1.165, 1.54) is 80.2 Å². The molecule has 2 atom stereocenters. The first kappa shape index (κ1) is 37.9. The predicted octanol–water partition coefficient (Wildman–Crippen LogP) is 8.11. The van der Waals surface area contributed by atoms with Crippen molar-refractivity contribution in [2.75, 3.05) is 36.8 Å². The van der Waals surface area contributed by atoms with Crippen LogP contribution in [0, 0.1) is 13.8 Å². The SMILES string of the molecule is Cc1ccccc1-c1ccc2c(c1)CCN[C@@H]2CNc1cnccc1C(=O)O.Cc1ccccc1-c1ccc2c(c1)CCN[C@H]2CNc1cnccc1C(=O)O. The molecule has 0 radical (unpaired) electrons. The van der Waals surface area contributed by atoms with Crippen LogP contribution < -0.4 is 21.3 Å². The molecule has 4 aromatic carbocycles. The molecule has 0 saturated carbocycles. The van der Waals surface area contributed by atoms with Gasteiger partial charge in [0.25, 0.3) is 0 Å². The fourth-order valence-electron chi connectivity index (χ4n) is 7.67. The Morgan fingerprint density at radius 1 is 0.625 bits per heavy atom. The van der Waals surface area contributed by atoms with E-state index in [1.807, 2.05) is 0 Å². The van der Waals surface area contributed by atoms with Crippen molar-refractivity contribution in [3.05, 3.63) is 166 Å². The van der Waals surface area contributed by atoms with Crippen LogP contribution in [0.5, 0.6) is 0 Å². The molecule has 0 bridgehead atoms. The van der Waals surface area contributed by atoms with Gasteiger partial charge in [0.05, 0.1) is 34.9 Å². The Morgan fingerprint density at radius 3 is 1.46 bits per heavy atom. The van der Waals surface area contributed by atoms with Crippen molar-refractivity contribution in [3.63, 3.8) is 0 Å². The number of nitrogens with one attached hydrogen (secondary N) is 4. The second-order valence-electron chi connectivity index (χ2n) is 14.2. The van der Waals surface area contributed by atoms with Gasteiger partial charge in [-0.05, 0) is 108 Å². The molecule has 4 heterocycles. The molecule has 0 unspecified atom stereocenters. The number of aryl methyl sites for hydroxylation is 2. The molecular formula is C46H46N6O4. The number of rotatable bonds is 10. The van der Waals surface area contributed by atoms with Gasteiger partial charge in [-0.2, -0.15) is 0 Å².